The Bertz CT molecular complexity index is 1450. The number of nitrogens with one attached hydrogen (secondary N) is 2. The second kappa shape index (κ2) is 9.56. The number of anilines is 1. The molecule has 5 rings (SSSR count). The number of carbonyl (C=O) groups excluding carboxylic acids is 1. The van der Waals surface area contributed by atoms with E-state index in [4.69, 9.17) is 11.6 Å². The smallest absolute Gasteiger partial charge is 0.317 e. The predicted molar refractivity (Wildman–Crippen MR) is 131 cm³/mol. The highest BCUT2D eigenvalue weighted by Gasteiger charge is 2.46. The van der Waals surface area contributed by atoms with Gasteiger partial charge in [0.25, 0.3) is 6.43 Å². The van der Waals surface area contributed by atoms with Crippen LogP contribution in [0, 0.1) is 0 Å². The second-order valence-corrected chi connectivity index (χ2v) is 11.9. The van der Waals surface area contributed by atoms with E-state index in [1.54, 1.807) is 4.90 Å². The van der Waals surface area contributed by atoms with Crippen LogP contribution in [-0.2, 0) is 10.0 Å². The number of nitrogens with zero attached hydrogens (tertiary/aromatic N) is 6. The molecule has 2 aliphatic rings. The van der Waals surface area contributed by atoms with E-state index < -0.39 is 33.7 Å². The minimum absolute atomic E-state index is 0.00635. The number of halogens is 4. The van der Waals surface area contributed by atoms with Crippen LogP contribution in [0.5, 0.6) is 0 Å². The van der Waals surface area contributed by atoms with E-state index in [1.165, 1.54) is 23.7 Å². The number of imidazole rings is 1. The van der Waals surface area contributed by atoms with Crippen LogP contribution in [0.2, 0.25) is 5.15 Å². The van der Waals surface area contributed by atoms with Crippen LogP contribution < -0.4 is 14.9 Å². The summed E-state index contributed by atoms with van der Waals surface area (Å²) in [5.41, 5.74) is -0.384. The number of sulfonamides is 1. The fourth-order valence-corrected chi connectivity index (χ4v) is 6.56. The van der Waals surface area contributed by atoms with Crippen molar-refractivity contribution in [2.45, 2.75) is 29.7 Å². The molecule has 1 aliphatic heterocycles. The van der Waals surface area contributed by atoms with Gasteiger partial charge in [0, 0.05) is 39.4 Å². The molecule has 2 amide bonds. The largest absolute Gasteiger partial charge is 0.366 e. The minimum Gasteiger partial charge on any atom is -0.366 e. The molecular formula is C20H22ClF3N8O3S2. The van der Waals surface area contributed by atoms with E-state index in [1.807, 2.05) is 4.90 Å². The molecule has 0 atom stereocenters. The molecule has 0 unspecified atom stereocenters. The van der Waals surface area contributed by atoms with Crippen molar-refractivity contribution in [2.75, 3.05) is 44.8 Å². The van der Waals surface area contributed by atoms with Crippen molar-refractivity contribution in [3.05, 3.63) is 22.4 Å². The third-order valence-corrected chi connectivity index (χ3v) is 9.09. The molecule has 1 aliphatic carbocycles. The van der Waals surface area contributed by atoms with Gasteiger partial charge in [0.2, 0.25) is 10.0 Å². The number of pyridine rings is 1. The fraction of sp³-hybridized carbons (Fsp3) is 0.500. The maximum absolute atomic E-state index is 13.5. The summed E-state index contributed by atoms with van der Waals surface area (Å²) in [6.45, 7) is 0.600. The van der Waals surface area contributed by atoms with E-state index >= 15 is 0 Å². The lowest BCUT2D eigenvalue weighted by Gasteiger charge is -2.36. The lowest BCUT2D eigenvalue weighted by atomic mass is 10.2. The number of rotatable bonds is 7. The zero-order chi connectivity index (χ0) is 26.5. The fourth-order valence-electron chi connectivity index (χ4n) is 4.15. The number of alkyl halides is 3. The van der Waals surface area contributed by atoms with Gasteiger partial charge >= 0.3 is 6.03 Å². The van der Waals surface area contributed by atoms with E-state index in [-0.39, 0.29) is 26.9 Å². The van der Waals surface area contributed by atoms with Crippen LogP contribution >= 0.6 is 22.9 Å². The minimum atomic E-state index is -4.18. The van der Waals surface area contributed by atoms with Crippen LogP contribution in [0.15, 0.2) is 17.2 Å². The highest BCUT2D eigenvalue weighted by molar-refractivity contribution is 7.89. The first-order chi connectivity index (χ1) is 17.6. The highest BCUT2D eigenvalue weighted by atomic mass is 35.5. The summed E-state index contributed by atoms with van der Waals surface area (Å²) in [7, 11) is -2.65. The highest BCUT2D eigenvalue weighted by Crippen LogP contribution is 2.40. The Kier molecular flexibility index (Phi) is 6.70. The SMILES string of the molecule is CNC(=O)N1CCN(c2cc(S(=O)(=O)NC3(CF)CC3)cn3c(-c4nnc(C(F)F)s4)nc(Cl)c23)CC1. The van der Waals surface area contributed by atoms with Crippen LogP contribution in [0.3, 0.4) is 0 Å². The van der Waals surface area contributed by atoms with Gasteiger partial charge in [0.15, 0.2) is 21.0 Å². The third-order valence-electron chi connectivity index (χ3n) is 6.36. The standard InChI is InChI=1S/C20H22ClF3N8O3S2/c1-25-19(33)31-6-4-30(5-7-31)12-8-11(37(34,35)29-20(10-22)2-3-20)9-32-13(12)14(21)26-16(32)18-28-27-17(36-18)15(23)24/h8-9,15,29H,2-7,10H2,1H3,(H,25,33). The van der Waals surface area contributed by atoms with Gasteiger partial charge < -0.3 is 15.1 Å². The van der Waals surface area contributed by atoms with Gasteiger partial charge in [-0.1, -0.05) is 22.9 Å². The molecule has 0 bridgehead atoms. The molecular weight excluding hydrogens is 557 g/mol. The van der Waals surface area contributed by atoms with Crippen LogP contribution in [0.1, 0.15) is 24.3 Å². The molecule has 11 nitrogen and oxygen atoms in total. The Morgan fingerprint density at radius 3 is 2.51 bits per heavy atom. The topological polar surface area (TPSA) is 125 Å². The first-order valence-corrected chi connectivity index (χ1v) is 13.9. The summed E-state index contributed by atoms with van der Waals surface area (Å²) in [5.74, 6) is 0.0401. The maximum Gasteiger partial charge on any atom is 0.317 e. The summed E-state index contributed by atoms with van der Waals surface area (Å²) in [6, 6.07) is 1.19. The normalized spacial score (nSPS) is 17.6. The lowest BCUT2D eigenvalue weighted by Crippen LogP contribution is -2.51. The quantitative estimate of drug-likeness (QED) is 0.442. The number of carbonyl (C=O) groups is 1. The lowest BCUT2D eigenvalue weighted by molar-refractivity contribution is 0.150. The zero-order valence-corrected chi connectivity index (χ0v) is 21.8. The van der Waals surface area contributed by atoms with Gasteiger partial charge in [-0.25, -0.2) is 36.1 Å². The molecule has 2 N–H and O–H groups in total. The average Bonchev–Trinajstić information content (AvgIpc) is 3.31. The molecule has 0 aromatic carbocycles. The van der Waals surface area contributed by atoms with Crippen LogP contribution in [0.25, 0.3) is 16.3 Å². The van der Waals surface area contributed by atoms with Crippen molar-refractivity contribution in [2.24, 2.45) is 0 Å². The van der Waals surface area contributed by atoms with E-state index in [0.29, 0.717) is 61.6 Å². The Hall–Kier alpha value is -2.69. The Morgan fingerprint density at radius 1 is 1.24 bits per heavy atom. The summed E-state index contributed by atoms with van der Waals surface area (Å²) >= 11 is 7.10. The Morgan fingerprint density at radius 2 is 1.95 bits per heavy atom. The molecule has 1 saturated heterocycles. The number of urea groups is 1. The van der Waals surface area contributed by atoms with E-state index in [9.17, 15) is 26.4 Å². The first-order valence-electron chi connectivity index (χ1n) is 11.2. The monoisotopic (exact) mass is 578 g/mol. The molecule has 3 aromatic rings. The Balaban J connectivity index is 1.63. The molecule has 0 spiro atoms. The molecule has 1 saturated carbocycles. The van der Waals surface area contributed by atoms with Crippen molar-refractivity contribution in [3.63, 3.8) is 0 Å². The summed E-state index contributed by atoms with van der Waals surface area (Å²) in [4.78, 5) is 19.6. The van der Waals surface area contributed by atoms with Gasteiger partial charge in [0.1, 0.15) is 17.1 Å². The molecule has 4 heterocycles. The van der Waals surface area contributed by atoms with E-state index in [2.05, 4.69) is 25.2 Å². The van der Waals surface area contributed by atoms with Crippen LogP contribution in [-0.4, -0.2) is 84.4 Å². The van der Waals surface area contributed by atoms with Crippen molar-refractivity contribution in [3.8, 4) is 10.8 Å². The zero-order valence-electron chi connectivity index (χ0n) is 19.4. The molecule has 0 radical (unpaired) electrons. The van der Waals surface area contributed by atoms with Crippen molar-refractivity contribution < 1.29 is 26.4 Å². The Labute approximate surface area is 218 Å². The maximum atomic E-state index is 13.5. The van der Waals surface area contributed by atoms with Gasteiger partial charge in [-0.2, -0.15) is 0 Å². The number of piperazine rings is 1. The number of hydrogen-bond acceptors (Lipinski definition) is 8. The first kappa shape index (κ1) is 25.9. The van der Waals surface area contributed by atoms with Crippen LogP contribution in [0.4, 0.5) is 23.7 Å². The van der Waals surface area contributed by atoms with Crippen molar-refractivity contribution in [1.82, 2.24) is 34.5 Å². The molecule has 37 heavy (non-hydrogen) atoms. The summed E-state index contributed by atoms with van der Waals surface area (Å²) in [5, 5.41) is 9.37. The molecule has 3 aromatic heterocycles. The third kappa shape index (κ3) is 4.82. The number of fused-ring (bicyclic) bond motifs is 1. The predicted octanol–water partition coefficient (Wildman–Crippen LogP) is 2.69. The van der Waals surface area contributed by atoms with Gasteiger partial charge in [-0.15, -0.1) is 10.2 Å². The summed E-state index contributed by atoms with van der Waals surface area (Å²) < 4.78 is 70.2. The van der Waals surface area contributed by atoms with Crippen molar-refractivity contribution >= 4 is 50.2 Å². The van der Waals surface area contributed by atoms with Gasteiger partial charge in [-0.05, 0) is 18.9 Å². The number of hydrogen-bond donors (Lipinski definition) is 2. The van der Waals surface area contributed by atoms with Gasteiger partial charge in [-0.3, -0.25) is 4.40 Å². The number of amides is 2. The molecule has 17 heteroatoms. The molecule has 2 fully saturated rings. The molecule has 200 valence electrons. The summed E-state index contributed by atoms with van der Waals surface area (Å²) in [6.07, 6.45) is -0.824. The number of aromatic nitrogens is 4. The van der Waals surface area contributed by atoms with Gasteiger partial charge in [0.05, 0.1) is 11.2 Å². The van der Waals surface area contributed by atoms with E-state index in [0.717, 1.165) is 0 Å². The van der Waals surface area contributed by atoms with Crippen molar-refractivity contribution in [1.29, 1.82) is 0 Å². The average molecular weight is 579 g/mol. The second-order valence-electron chi connectivity index (χ2n) is 8.80.